The van der Waals surface area contributed by atoms with Gasteiger partial charge in [-0.25, -0.2) is 9.67 Å². The molecule has 6 heteroatoms. The van der Waals surface area contributed by atoms with Crippen LogP contribution in [0.25, 0.3) is 5.82 Å². The number of rotatable bonds is 4. The first-order valence-corrected chi connectivity index (χ1v) is 7.41. The molecular weight excluding hydrogens is 324 g/mol. The standard InChI is InChI=1S/C13H11BrN4S/c14-10-6-12(19-9-10)8-15-11-2-3-13(16-7-11)18-5-1-4-17-18/h1-7,9,15H,8H2. The molecule has 0 radical (unpaired) electrons. The lowest BCUT2D eigenvalue weighted by Gasteiger charge is -2.05. The highest BCUT2D eigenvalue weighted by molar-refractivity contribution is 9.10. The average Bonchev–Trinajstić information content (AvgIpc) is 3.08. The molecular formula is C13H11BrN4S. The minimum Gasteiger partial charge on any atom is -0.379 e. The van der Waals surface area contributed by atoms with E-state index in [1.807, 2.05) is 30.6 Å². The molecule has 0 aromatic carbocycles. The highest BCUT2D eigenvalue weighted by Crippen LogP contribution is 2.20. The van der Waals surface area contributed by atoms with E-state index < -0.39 is 0 Å². The molecule has 3 rings (SSSR count). The van der Waals surface area contributed by atoms with Crippen molar-refractivity contribution in [1.82, 2.24) is 14.8 Å². The lowest BCUT2D eigenvalue weighted by atomic mass is 10.4. The lowest BCUT2D eigenvalue weighted by Crippen LogP contribution is -2.01. The summed E-state index contributed by atoms with van der Waals surface area (Å²) in [6.07, 6.45) is 5.43. The molecule has 0 aliphatic rings. The summed E-state index contributed by atoms with van der Waals surface area (Å²) in [4.78, 5) is 5.65. The molecule has 0 aliphatic carbocycles. The quantitative estimate of drug-likeness (QED) is 0.790. The Morgan fingerprint density at radius 2 is 2.32 bits per heavy atom. The van der Waals surface area contributed by atoms with Gasteiger partial charge in [-0.05, 0) is 40.2 Å². The number of halogens is 1. The van der Waals surface area contributed by atoms with Gasteiger partial charge in [-0.3, -0.25) is 0 Å². The second kappa shape index (κ2) is 5.54. The number of nitrogens with one attached hydrogen (secondary N) is 1. The van der Waals surface area contributed by atoms with Crippen LogP contribution in [0.2, 0.25) is 0 Å². The molecule has 1 N–H and O–H groups in total. The van der Waals surface area contributed by atoms with E-state index in [1.165, 1.54) is 4.88 Å². The van der Waals surface area contributed by atoms with Gasteiger partial charge >= 0.3 is 0 Å². The van der Waals surface area contributed by atoms with Gasteiger partial charge in [-0.1, -0.05) is 0 Å². The first-order valence-electron chi connectivity index (χ1n) is 5.74. The van der Waals surface area contributed by atoms with Crippen molar-refractivity contribution in [2.45, 2.75) is 6.54 Å². The fraction of sp³-hybridized carbons (Fsp3) is 0.0769. The normalized spacial score (nSPS) is 10.6. The predicted octanol–water partition coefficient (Wildman–Crippen LogP) is 3.70. The maximum Gasteiger partial charge on any atom is 0.153 e. The van der Waals surface area contributed by atoms with E-state index in [0.29, 0.717) is 0 Å². The van der Waals surface area contributed by atoms with Gasteiger partial charge in [0.2, 0.25) is 0 Å². The fourth-order valence-corrected chi connectivity index (χ4v) is 3.06. The molecule has 19 heavy (non-hydrogen) atoms. The first-order chi connectivity index (χ1) is 9.31. The minimum absolute atomic E-state index is 0.805. The van der Waals surface area contributed by atoms with Crippen molar-refractivity contribution in [3.63, 3.8) is 0 Å². The van der Waals surface area contributed by atoms with Gasteiger partial charge in [0.15, 0.2) is 5.82 Å². The Balaban J connectivity index is 1.66. The zero-order valence-electron chi connectivity index (χ0n) is 9.95. The monoisotopic (exact) mass is 334 g/mol. The number of thiophene rings is 1. The van der Waals surface area contributed by atoms with Gasteiger partial charge in [0.25, 0.3) is 0 Å². The fourth-order valence-electron chi connectivity index (χ4n) is 1.67. The van der Waals surface area contributed by atoms with E-state index in [9.17, 15) is 0 Å². The topological polar surface area (TPSA) is 42.7 Å². The van der Waals surface area contributed by atoms with Crippen LogP contribution in [0.3, 0.4) is 0 Å². The van der Waals surface area contributed by atoms with Crippen LogP contribution in [-0.4, -0.2) is 14.8 Å². The Hall–Kier alpha value is -1.66. The molecule has 0 unspecified atom stereocenters. The Kier molecular flexibility index (Phi) is 3.61. The summed E-state index contributed by atoms with van der Waals surface area (Å²) < 4.78 is 2.86. The molecule has 96 valence electrons. The smallest absolute Gasteiger partial charge is 0.153 e. The maximum absolute atomic E-state index is 4.37. The summed E-state index contributed by atoms with van der Waals surface area (Å²) in [6, 6.07) is 7.94. The van der Waals surface area contributed by atoms with Crippen LogP contribution in [0, 0.1) is 0 Å². The summed E-state index contributed by atoms with van der Waals surface area (Å²) in [5.41, 5.74) is 1.00. The summed E-state index contributed by atoms with van der Waals surface area (Å²) in [6.45, 7) is 0.805. The molecule has 0 atom stereocenters. The molecule has 0 fully saturated rings. The number of hydrogen-bond donors (Lipinski definition) is 1. The van der Waals surface area contributed by atoms with Crippen molar-refractivity contribution in [3.05, 3.63) is 57.6 Å². The molecule has 3 aromatic heterocycles. The number of nitrogens with zero attached hydrogens (tertiary/aromatic N) is 3. The molecule has 3 aromatic rings. The molecule has 0 aliphatic heterocycles. The zero-order valence-corrected chi connectivity index (χ0v) is 12.4. The molecule has 3 heterocycles. The van der Waals surface area contributed by atoms with E-state index in [0.717, 1.165) is 22.5 Å². The third-order valence-electron chi connectivity index (χ3n) is 2.58. The van der Waals surface area contributed by atoms with Crippen molar-refractivity contribution in [2.75, 3.05) is 5.32 Å². The number of aromatic nitrogens is 3. The van der Waals surface area contributed by atoms with Crippen LogP contribution in [0.4, 0.5) is 5.69 Å². The largest absolute Gasteiger partial charge is 0.379 e. The van der Waals surface area contributed by atoms with E-state index >= 15 is 0 Å². The molecule has 0 saturated carbocycles. The van der Waals surface area contributed by atoms with Crippen LogP contribution in [0.5, 0.6) is 0 Å². The minimum atomic E-state index is 0.805. The molecule has 0 bridgehead atoms. The summed E-state index contributed by atoms with van der Waals surface area (Å²) in [7, 11) is 0. The van der Waals surface area contributed by atoms with Gasteiger partial charge in [0, 0.05) is 33.7 Å². The Morgan fingerprint density at radius 3 is 2.95 bits per heavy atom. The summed E-state index contributed by atoms with van der Waals surface area (Å²) in [5, 5.41) is 9.57. The maximum atomic E-state index is 4.37. The van der Waals surface area contributed by atoms with Crippen molar-refractivity contribution < 1.29 is 0 Å². The van der Waals surface area contributed by atoms with Crippen LogP contribution < -0.4 is 5.32 Å². The third-order valence-corrected chi connectivity index (χ3v) is 4.27. The van der Waals surface area contributed by atoms with Crippen molar-refractivity contribution in [3.8, 4) is 5.82 Å². The van der Waals surface area contributed by atoms with Crippen molar-refractivity contribution in [2.24, 2.45) is 0 Å². The van der Waals surface area contributed by atoms with Crippen LogP contribution in [0.1, 0.15) is 4.88 Å². The predicted molar refractivity (Wildman–Crippen MR) is 80.7 cm³/mol. The highest BCUT2D eigenvalue weighted by atomic mass is 79.9. The lowest BCUT2D eigenvalue weighted by molar-refractivity contribution is 0.847. The average molecular weight is 335 g/mol. The van der Waals surface area contributed by atoms with Crippen LogP contribution in [0.15, 0.2) is 52.7 Å². The second-order valence-corrected chi connectivity index (χ2v) is 5.85. The van der Waals surface area contributed by atoms with Crippen molar-refractivity contribution in [1.29, 1.82) is 0 Å². The van der Waals surface area contributed by atoms with Gasteiger partial charge < -0.3 is 5.32 Å². The molecule has 0 spiro atoms. The van der Waals surface area contributed by atoms with Gasteiger partial charge in [0.1, 0.15) is 0 Å². The molecule has 0 amide bonds. The van der Waals surface area contributed by atoms with Crippen molar-refractivity contribution >= 4 is 33.0 Å². The number of hydrogen-bond acceptors (Lipinski definition) is 4. The van der Waals surface area contributed by atoms with Crippen LogP contribution in [-0.2, 0) is 6.54 Å². The molecule has 0 saturated heterocycles. The molecule has 4 nitrogen and oxygen atoms in total. The number of pyridine rings is 1. The zero-order chi connectivity index (χ0) is 13.1. The van der Waals surface area contributed by atoms with E-state index in [1.54, 1.807) is 22.2 Å². The van der Waals surface area contributed by atoms with Gasteiger partial charge in [-0.2, -0.15) is 5.10 Å². The Bertz CT molecular complexity index is 646. The number of anilines is 1. The van der Waals surface area contributed by atoms with Crippen LogP contribution >= 0.6 is 27.3 Å². The second-order valence-electron chi connectivity index (χ2n) is 3.94. The SMILES string of the molecule is Brc1csc(CNc2ccc(-n3cccn3)nc2)c1. The summed E-state index contributed by atoms with van der Waals surface area (Å²) >= 11 is 5.18. The van der Waals surface area contributed by atoms with Gasteiger partial charge in [0.05, 0.1) is 11.9 Å². The van der Waals surface area contributed by atoms with E-state index in [-0.39, 0.29) is 0 Å². The highest BCUT2D eigenvalue weighted by Gasteiger charge is 2.00. The van der Waals surface area contributed by atoms with Gasteiger partial charge in [-0.15, -0.1) is 11.3 Å². The summed E-state index contributed by atoms with van der Waals surface area (Å²) in [5.74, 6) is 0.814. The Labute approximate surface area is 123 Å². The van der Waals surface area contributed by atoms with E-state index in [2.05, 4.69) is 42.8 Å². The van der Waals surface area contributed by atoms with E-state index in [4.69, 9.17) is 0 Å². The first kappa shape index (κ1) is 12.4. The third kappa shape index (κ3) is 3.02. The Morgan fingerprint density at radius 1 is 1.37 bits per heavy atom.